The molecule has 3 amide bonds. The number of hydrogen-bond donors (Lipinski definition) is 2. The van der Waals surface area contributed by atoms with E-state index < -0.39 is 40.5 Å². The Balaban J connectivity index is 5.08. The highest BCUT2D eigenvalue weighted by Gasteiger charge is 2.38. The number of carboxylic acids is 1. The van der Waals surface area contributed by atoms with Crippen molar-refractivity contribution < 1.29 is 28.3 Å². The summed E-state index contributed by atoms with van der Waals surface area (Å²) in [5, 5.41) is 11.9. The molecular formula is C21H44N2O6Si2. The van der Waals surface area contributed by atoms with Gasteiger partial charge in [0.15, 0.2) is 16.6 Å². The number of hydrogen-bond acceptors (Lipinski definition) is 5. The van der Waals surface area contributed by atoms with Crippen LogP contribution in [-0.4, -0.2) is 70.9 Å². The minimum Gasteiger partial charge on any atom is -0.481 e. The van der Waals surface area contributed by atoms with Gasteiger partial charge < -0.3 is 19.3 Å². The third-order valence-electron chi connectivity index (χ3n) is 6.48. The van der Waals surface area contributed by atoms with E-state index in [4.69, 9.17) is 8.85 Å². The number of imide groups is 1. The lowest BCUT2D eigenvalue weighted by atomic mass is 10.1. The van der Waals surface area contributed by atoms with Gasteiger partial charge >= 0.3 is 12.0 Å². The van der Waals surface area contributed by atoms with Gasteiger partial charge in [0.05, 0.1) is 19.8 Å². The molecule has 1 atom stereocenters. The Kier molecular flexibility index (Phi) is 10.6. The van der Waals surface area contributed by atoms with E-state index in [-0.39, 0.29) is 29.8 Å². The summed E-state index contributed by atoms with van der Waals surface area (Å²) in [6, 6.07) is -0.629. The highest BCUT2D eigenvalue weighted by atomic mass is 28.4. The molecule has 0 aliphatic carbocycles. The van der Waals surface area contributed by atoms with Gasteiger partial charge in [-0.1, -0.05) is 41.5 Å². The van der Waals surface area contributed by atoms with Crippen LogP contribution >= 0.6 is 0 Å². The molecule has 0 aliphatic heterocycles. The second-order valence-electron chi connectivity index (χ2n) is 11.0. The first-order valence-electron chi connectivity index (χ1n) is 10.8. The topological polar surface area (TPSA) is 105 Å². The average Bonchev–Trinajstić information content (AvgIpc) is 2.58. The fourth-order valence-electron chi connectivity index (χ4n) is 2.04. The third-order valence-corrected chi connectivity index (χ3v) is 15.6. The lowest BCUT2D eigenvalue weighted by Crippen LogP contribution is -2.51. The van der Waals surface area contributed by atoms with Crippen molar-refractivity contribution in [2.24, 2.45) is 5.92 Å². The number of amides is 3. The zero-order valence-corrected chi connectivity index (χ0v) is 23.3. The van der Waals surface area contributed by atoms with Crippen molar-refractivity contribution in [3.05, 3.63) is 0 Å². The molecule has 0 radical (unpaired) electrons. The normalized spacial score (nSPS) is 14.2. The van der Waals surface area contributed by atoms with Crippen molar-refractivity contribution in [3.8, 4) is 0 Å². The molecule has 0 saturated carbocycles. The molecule has 0 aromatic carbocycles. The molecule has 0 bridgehead atoms. The minimum atomic E-state index is -2.06. The first-order chi connectivity index (χ1) is 13.7. The number of urea groups is 1. The van der Waals surface area contributed by atoms with Crippen LogP contribution < -0.4 is 5.32 Å². The number of rotatable bonds is 10. The highest BCUT2D eigenvalue weighted by molar-refractivity contribution is 6.74. The summed E-state index contributed by atoms with van der Waals surface area (Å²) in [6.45, 7) is 23.1. The van der Waals surface area contributed by atoms with Gasteiger partial charge in [0.2, 0.25) is 5.91 Å². The molecule has 0 heterocycles. The van der Waals surface area contributed by atoms with E-state index in [1.54, 1.807) is 0 Å². The van der Waals surface area contributed by atoms with Crippen molar-refractivity contribution in [2.45, 2.75) is 84.7 Å². The number of aliphatic carboxylic acids is 1. The molecule has 182 valence electrons. The molecule has 31 heavy (non-hydrogen) atoms. The second-order valence-corrected chi connectivity index (χ2v) is 20.6. The predicted molar refractivity (Wildman–Crippen MR) is 128 cm³/mol. The summed E-state index contributed by atoms with van der Waals surface area (Å²) in [7, 11) is -4.01. The molecule has 8 nitrogen and oxygen atoms in total. The summed E-state index contributed by atoms with van der Waals surface area (Å²) < 4.78 is 12.1. The second kappa shape index (κ2) is 11.1. The Morgan fingerprint density at radius 1 is 0.903 bits per heavy atom. The Hall–Kier alpha value is -1.24. The molecule has 0 spiro atoms. The summed E-state index contributed by atoms with van der Waals surface area (Å²) in [4.78, 5) is 37.5. The molecule has 0 saturated heterocycles. The van der Waals surface area contributed by atoms with Crippen LogP contribution in [0.2, 0.25) is 36.3 Å². The Morgan fingerprint density at radius 2 is 1.32 bits per heavy atom. The van der Waals surface area contributed by atoms with Crippen LogP contribution in [0.3, 0.4) is 0 Å². The zero-order valence-electron chi connectivity index (χ0n) is 21.3. The number of carboxylic acid groups (broad SMARTS) is 1. The fraction of sp³-hybridized carbons (Fsp3) is 0.857. The molecule has 0 aromatic rings. The lowest BCUT2D eigenvalue weighted by Gasteiger charge is -2.37. The summed E-state index contributed by atoms with van der Waals surface area (Å²) in [5.41, 5.74) is 0. The van der Waals surface area contributed by atoms with Gasteiger partial charge in [-0.3, -0.25) is 14.5 Å². The molecule has 2 N–H and O–H groups in total. The fourth-order valence-corrected chi connectivity index (χ4v) is 4.12. The van der Waals surface area contributed by atoms with Crippen molar-refractivity contribution in [2.75, 3.05) is 26.3 Å². The van der Waals surface area contributed by atoms with E-state index in [9.17, 15) is 19.5 Å². The van der Waals surface area contributed by atoms with Gasteiger partial charge in [-0.05, 0) is 43.2 Å². The molecule has 0 aliphatic rings. The molecule has 10 heteroatoms. The largest absolute Gasteiger partial charge is 0.481 e. The average molecular weight is 477 g/mol. The van der Waals surface area contributed by atoms with Crippen LogP contribution in [0.5, 0.6) is 0 Å². The van der Waals surface area contributed by atoms with Gasteiger partial charge in [0.1, 0.15) is 5.92 Å². The first kappa shape index (κ1) is 29.8. The van der Waals surface area contributed by atoms with E-state index in [1.807, 2.05) is 0 Å². The maximum absolute atomic E-state index is 12.7. The van der Waals surface area contributed by atoms with Gasteiger partial charge in [0, 0.05) is 6.54 Å². The van der Waals surface area contributed by atoms with Crippen LogP contribution in [0.25, 0.3) is 0 Å². The SMILES string of the molecule is CC(C(=O)O)C(=O)N(CCO[Si](C)(C)C(C)(C)C)C(=O)NCCO[Si](C)(C)C(C)(C)C. The van der Waals surface area contributed by atoms with E-state index in [1.165, 1.54) is 6.92 Å². The number of carbonyl (C=O) groups is 3. The minimum absolute atomic E-state index is 0.00210. The zero-order chi connectivity index (χ0) is 24.8. The van der Waals surface area contributed by atoms with Gasteiger partial charge in [-0.15, -0.1) is 0 Å². The van der Waals surface area contributed by atoms with Crippen molar-refractivity contribution in [1.29, 1.82) is 0 Å². The number of nitrogens with zero attached hydrogens (tertiary/aromatic N) is 1. The van der Waals surface area contributed by atoms with Crippen LogP contribution in [0.15, 0.2) is 0 Å². The third kappa shape index (κ3) is 9.03. The Morgan fingerprint density at radius 3 is 1.71 bits per heavy atom. The van der Waals surface area contributed by atoms with E-state index >= 15 is 0 Å². The smallest absolute Gasteiger partial charge is 0.324 e. The van der Waals surface area contributed by atoms with Crippen LogP contribution in [0.1, 0.15) is 48.5 Å². The summed E-state index contributed by atoms with van der Waals surface area (Å²) in [5.74, 6) is -3.34. The van der Waals surface area contributed by atoms with Crippen molar-refractivity contribution in [1.82, 2.24) is 10.2 Å². The summed E-state index contributed by atoms with van der Waals surface area (Å²) >= 11 is 0. The highest BCUT2D eigenvalue weighted by Crippen LogP contribution is 2.37. The quantitative estimate of drug-likeness (QED) is 0.277. The first-order valence-corrected chi connectivity index (χ1v) is 16.7. The van der Waals surface area contributed by atoms with Gasteiger partial charge in [-0.25, -0.2) is 4.79 Å². The maximum Gasteiger partial charge on any atom is 0.324 e. The molecule has 0 fully saturated rings. The lowest BCUT2D eigenvalue weighted by molar-refractivity contribution is -0.149. The van der Waals surface area contributed by atoms with Crippen molar-refractivity contribution >= 4 is 34.5 Å². The molecule has 0 aromatic heterocycles. The van der Waals surface area contributed by atoms with Gasteiger partial charge in [0.25, 0.3) is 0 Å². The van der Waals surface area contributed by atoms with E-state index in [0.29, 0.717) is 6.61 Å². The Bertz CT molecular complexity index is 639. The monoisotopic (exact) mass is 476 g/mol. The predicted octanol–water partition coefficient (Wildman–Crippen LogP) is 4.29. The number of nitrogens with one attached hydrogen (secondary N) is 1. The van der Waals surface area contributed by atoms with Crippen LogP contribution in [0, 0.1) is 5.92 Å². The van der Waals surface area contributed by atoms with Crippen LogP contribution in [0.4, 0.5) is 4.79 Å². The van der Waals surface area contributed by atoms with Crippen LogP contribution in [-0.2, 0) is 18.4 Å². The maximum atomic E-state index is 12.7. The van der Waals surface area contributed by atoms with Gasteiger partial charge in [-0.2, -0.15) is 0 Å². The number of carbonyl (C=O) groups excluding carboxylic acids is 2. The van der Waals surface area contributed by atoms with E-state index in [0.717, 1.165) is 4.90 Å². The molecule has 0 rings (SSSR count). The Labute approximate surface area is 190 Å². The van der Waals surface area contributed by atoms with Crippen molar-refractivity contribution in [3.63, 3.8) is 0 Å². The summed E-state index contributed by atoms with van der Waals surface area (Å²) in [6.07, 6.45) is 0. The standard InChI is InChI=1S/C21H44N2O6Si2/c1-16(18(25)26)17(24)23(13-15-29-31(10,11)21(5,6)7)19(27)22-12-14-28-30(8,9)20(2,3)4/h16H,12-15H2,1-11H3,(H,22,27)(H,25,26). The van der Waals surface area contributed by atoms with E-state index in [2.05, 4.69) is 73.0 Å². The molecular weight excluding hydrogens is 432 g/mol. The molecule has 1 unspecified atom stereocenters.